The number of phenolic OH excluding ortho intramolecular Hbond substituents is 2. The number of hydrogen-bond acceptors (Lipinski definition) is 6. The van der Waals surface area contributed by atoms with E-state index in [1.54, 1.807) is 13.8 Å². The van der Waals surface area contributed by atoms with E-state index >= 15 is 0 Å². The molecule has 1 rings (SSSR count). The predicted molar refractivity (Wildman–Crippen MR) is 74.4 cm³/mol. The summed E-state index contributed by atoms with van der Waals surface area (Å²) in [7, 11) is 0. The average Bonchev–Trinajstić information content (AvgIpc) is 2.34. The SMILES string of the molecule is CCOC(C)=O.CCOC(C)=O.Oc1ccc(O)cc1. The van der Waals surface area contributed by atoms with Crippen molar-refractivity contribution in [1.29, 1.82) is 0 Å². The van der Waals surface area contributed by atoms with Crippen molar-refractivity contribution < 1.29 is 29.3 Å². The molecule has 0 spiro atoms. The quantitative estimate of drug-likeness (QED) is 0.639. The number of phenols is 2. The summed E-state index contributed by atoms with van der Waals surface area (Å²) in [6, 6.07) is 5.70. The maximum absolute atomic E-state index is 9.82. The molecule has 0 atom stereocenters. The van der Waals surface area contributed by atoms with Gasteiger partial charge in [-0.15, -0.1) is 0 Å². The first-order valence-electron chi connectivity index (χ1n) is 6.08. The van der Waals surface area contributed by atoms with E-state index in [2.05, 4.69) is 9.47 Å². The van der Waals surface area contributed by atoms with Gasteiger partial charge in [0.25, 0.3) is 0 Å². The van der Waals surface area contributed by atoms with Crippen LogP contribution in [0.2, 0.25) is 0 Å². The van der Waals surface area contributed by atoms with Crippen molar-refractivity contribution in [3.63, 3.8) is 0 Å². The van der Waals surface area contributed by atoms with Crippen molar-refractivity contribution in [2.24, 2.45) is 0 Å². The average molecular weight is 286 g/mol. The van der Waals surface area contributed by atoms with Crippen LogP contribution in [-0.2, 0) is 19.1 Å². The standard InChI is InChI=1S/C6H6O2.2C4H8O2/c7-5-1-2-6(8)4-3-5;2*1-3-6-4(2)5/h1-4,7-8H;2*3H2,1-2H3. The lowest BCUT2D eigenvalue weighted by molar-refractivity contribution is -0.141. The van der Waals surface area contributed by atoms with Crippen LogP contribution >= 0.6 is 0 Å². The second kappa shape index (κ2) is 13.2. The Labute approximate surface area is 119 Å². The molecule has 0 saturated heterocycles. The molecule has 0 unspecified atom stereocenters. The molecular weight excluding hydrogens is 264 g/mol. The van der Waals surface area contributed by atoms with Crippen LogP contribution in [0, 0.1) is 0 Å². The molecule has 0 heterocycles. The van der Waals surface area contributed by atoms with Crippen molar-refractivity contribution in [1.82, 2.24) is 0 Å². The lowest BCUT2D eigenvalue weighted by atomic mass is 10.3. The number of carbonyl (C=O) groups excluding carboxylic acids is 2. The molecule has 2 N–H and O–H groups in total. The van der Waals surface area contributed by atoms with Crippen LogP contribution in [0.25, 0.3) is 0 Å². The molecule has 0 aromatic heterocycles. The van der Waals surface area contributed by atoms with Gasteiger partial charge in [0.15, 0.2) is 0 Å². The van der Waals surface area contributed by atoms with Gasteiger partial charge in [0.2, 0.25) is 0 Å². The Balaban J connectivity index is 0. The van der Waals surface area contributed by atoms with Crippen molar-refractivity contribution in [3.8, 4) is 11.5 Å². The maximum Gasteiger partial charge on any atom is 0.302 e. The molecule has 0 fully saturated rings. The summed E-state index contributed by atoms with van der Waals surface area (Å²) in [6.07, 6.45) is 0. The zero-order valence-corrected chi connectivity index (χ0v) is 12.3. The predicted octanol–water partition coefficient (Wildman–Crippen LogP) is 2.24. The smallest absolute Gasteiger partial charge is 0.302 e. The number of ether oxygens (including phenoxy) is 2. The van der Waals surface area contributed by atoms with Gasteiger partial charge in [0.1, 0.15) is 11.5 Å². The lowest BCUT2D eigenvalue weighted by Crippen LogP contribution is -1.95. The first kappa shape index (κ1) is 20.1. The van der Waals surface area contributed by atoms with Gasteiger partial charge in [0, 0.05) is 13.8 Å². The monoisotopic (exact) mass is 286 g/mol. The highest BCUT2D eigenvalue weighted by Crippen LogP contribution is 2.13. The number of hydrogen-bond donors (Lipinski definition) is 2. The van der Waals surface area contributed by atoms with Gasteiger partial charge in [-0.25, -0.2) is 0 Å². The number of carbonyl (C=O) groups is 2. The minimum atomic E-state index is -0.211. The molecule has 0 bridgehead atoms. The molecule has 6 heteroatoms. The number of esters is 2. The van der Waals surface area contributed by atoms with Crippen LogP contribution < -0.4 is 0 Å². The van der Waals surface area contributed by atoms with E-state index in [4.69, 9.17) is 10.2 Å². The summed E-state index contributed by atoms with van der Waals surface area (Å²) in [6.45, 7) is 7.31. The normalized spacial score (nSPS) is 8.20. The topological polar surface area (TPSA) is 93.1 Å². The van der Waals surface area contributed by atoms with E-state index in [0.717, 1.165) is 0 Å². The Morgan fingerprint density at radius 2 is 1.10 bits per heavy atom. The fourth-order valence-electron chi connectivity index (χ4n) is 0.859. The molecule has 0 saturated carbocycles. The molecular formula is C14H22O6. The fraction of sp³-hybridized carbons (Fsp3) is 0.429. The van der Waals surface area contributed by atoms with Crippen LogP contribution in [0.15, 0.2) is 24.3 Å². The van der Waals surface area contributed by atoms with E-state index in [-0.39, 0.29) is 23.4 Å². The van der Waals surface area contributed by atoms with E-state index in [0.29, 0.717) is 13.2 Å². The van der Waals surface area contributed by atoms with Crippen LogP contribution in [-0.4, -0.2) is 35.4 Å². The Morgan fingerprint density at radius 1 is 0.850 bits per heavy atom. The van der Waals surface area contributed by atoms with Crippen LogP contribution in [0.5, 0.6) is 11.5 Å². The summed E-state index contributed by atoms with van der Waals surface area (Å²) in [5, 5.41) is 17.3. The third-order valence-corrected chi connectivity index (χ3v) is 1.54. The van der Waals surface area contributed by atoms with Crippen molar-refractivity contribution in [2.75, 3.05) is 13.2 Å². The lowest BCUT2D eigenvalue weighted by Gasteiger charge is -1.89. The van der Waals surface area contributed by atoms with Crippen molar-refractivity contribution in [2.45, 2.75) is 27.7 Å². The molecule has 6 nitrogen and oxygen atoms in total. The van der Waals surface area contributed by atoms with E-state index in [9.17, 15) is 9.59 Å². The first-order chi connectivity index (χ1) is 9.33. The summed E-state index contributed by atoms with van der Waals surface area (Å²) in [4.78, 5) is 19.6. The third-order valence-electron chi connectivity index (χ3n) is 1.54. The number of benzene rings is 1. The Bertz CT molecular complexity index is 335. The van der Waals surface area contributed by atoms with Gasteiger partial charge in [-0.05, 0) is 38.1 Å². The highest BCUT2D eigenvalue weighted by molar-refractivity contribution is 5.66. The van der Waals surface area contributed by atoms with Crippen molar-refractivity contribution >= 4 is 11.9 Å². The molecule has 114 valence electrons. The Morgan fingerprint density at radius 3 is 1.20 bits per heavy atom. The van der Waals surface area contributed by atoms with Gasteiger partial charge < -0.3 is 19.7 Å². The molecule has 0 amide bonds. The van der Waals surface area contributed by atoms with Crippen molar-refractivity contribution in [3.05, 3.63) is 24.3 Å². The Hall–Kier alpha value is -2.24. The second-order valence-electron chi connectivity index (χ2n) is 3.37. The molecule has 20 heavy (non-hydrogen) atoms. The summed E-state index contributed by atoms with van der Waals surface area (Å²) in [5.74, 6) is -0.0828. The van der Waals surface area contributed by atoms with Crippen LogP contribution in [0.3, 0.4) is 0 Å². The van der Waals surface area contributed by atoms with E-state index in [1.165, 1.54) is 38.1 Å². The number of aromatic hydroxyl groups is 2. The minimum absolute atomic E-state index is 0.169. The summed E-state index contributed by atoms with van der Waals surface area (Å²) >= 11 is 0. The van der Waals surface area contributed by atoms with E-state index < -0.39 is 0 Å². The first-order valence-corrected chi connectivity index (χ1v) is 6.08. The molecule has 1 aromatic rings. The minimum Gasteiger partial charge on any atom is -0.508 e. The zero-order chi connectivity index (χ0) is 16.0. The molecule has 1 aromatic carbocycles. The largest absolute Gasteiger partial charge is 0.508 e. The molecule has 0 aliphatic rings. The highest BCUT2D eigenvalue weighted by Gasteiger charge is 1.84. The van der Waals surface area contributed by atoms with Crippen LogP contribution in [0.1, 0.15) is 27.7 Å². The molecule has 0 aliphatic heterocycles. The maximum atomic E-state index is 9.82. The Kier molecular flexibility index (Phi) is 13.3. The second-order valence-corrected chi connectivity index (χ2v) is 3.37. The fourth-order valence-corrected chi connectivity index (χ4v) is 0.859. The zero-order valence-electron chi connectivity index (χ0n) is 12.3. The highest BCUT2D eigenvalue weighted by atomic mass is 16.5. The van der Waals surface area contributed by atoms with Gasteiger partial charge in [-0.2, -0.15) is 0 Å². The van der Waals surface area contributed by atoms with E-state index in [1.807, 2.05) is 0 Å². The third kappa shape index (κ3) is 18.1. The summed E-state index contributed by atoms with van der Waals surface area (Å²) < 4.78 is 8.81. The van der Waals surface area contributed by atoms with Gasteiger partial charge >= 0.3 is 11.9 Å². The van der Waals surface area contributed by atoms with Gasteiger partial charge in [-0.3, -0.25) is 9.59 Å². The van der Waals surface area contributed by atoms with Gasteiger partial charge in [0.05, 0.1) is 13.2 Å². The molecule has 0 radical (unpaired) electrons. The number of rotatable bonds is 2. The van der Waals surface area contributed by atoms with Crippen LogP contribution in [0.4, 0.5) is 0 Å². The van der Waals surface area contributed by atoms with Gasteiger partial charge in [-0.1, -0.05) is 0 Å². The summed E-state index contributed by atoms with van der Waals surface area (Å²) in [5.41, 5.74) is 0. The molecule has 0 aliphatic carbocycles.